The molecule has 1 saturated heterocycles. The van der Waals surface area contributed by atoms with E-state index in [4.69, 9.17) is 4.74 Å². The van der Waals surface area contributed by atoms with Crippen LogP contribution >= 0.6 is 0 Å². The lowest BCUT2D eigenvalue weighted by Gasteiger charge is -2.46. The first-order chi connectivity index (χ1) is 7.46. The molecule has 5 atom stereocenters. The largest absolute Gasteiger partial charge is 0.369 e. The number of hydrogen-bond acceptors (Lipinski definition) is 1. The van der Waals surface area contributed by atoms with E-state index in [1.165, 1.54) is 32.1 Å². The molecule has 5 unspecified atom stereocenters. The summed E-state index contributed by atoms with van der Waals surface area (Å²) in [5.41, 5.74) is 0.435. The molecular formula is C15H26O. The third-order valence-electron chi connectivity index (χ3n) is 5.87. The lowest BCUT2D eigenvalue weighted by Crippen LogP contribution is -2.46. The second-order valence-corrected chi connectivity index (χ2v) is 7.20. The van der Waals surface area contributed by atoms with Gasteiger partial charge in [-0.2, -0.15) is 0 Å². The van der Waals surface area contributed by atoms with Crippen LogP contribution in [0.15, 0.2) is 0 Å². The molecule has 0 N–H and O–H groups in total. The second kappa shape index (κ2) is 3.25. The molecule has 2 aliphatic carbocycles. The summed E-state index contributed by atoms with van der Waals surface area (Å²) < 4.78 is 6.56. The van der Waals surface area contributed by atoms with Crippen LogP contribution in [-0.4, -0.2) is 11.2 Å². The van der Waals surface area contributed by atoms with E-state index in [1.54, 1.807) is 0 Å². The highest BCUT2D eigenvalue weighted by molar-refractivity contribution is 5.12. The van der Waals surface area contributed by atoms with Crippen LogP contribution in [0.2, 0.25) is 0 Å². The third-order valence-corrected chi connectivity index (χ3v) is 5.87. The van der Waals surface area contributed by atoms with E-state index in [-0.39, 0.29) is 11.2 Å². The third kappa shape index (κ3) is 1.27. The summed E-state index contributed by atoms with van der Waals surface area (Å²) in [6.07, 6.45) is 6.79. The van der Waals surface area contributed by atoms with E-state index in [2.05, 4.69) is 27.7 Å². The van der Waals surface area contributed by atoms with Gasteiger partial charge in [0, 0.05) is 0 Å². The smallest absolute Gasteiger partial charge is 0.0696 e. The summed E-state index contributed by atoms with van der Waals surface area (Å²) in [6, 6.07) is 0. The van der Waals surface area contributed by atoms with Crippen molar-refractivity contribution in [2.45, 2.75) is 71.0 Å². The molecule has 3 fully saturated rings. The molecule has 2 saturated carbocycles. The molecule has 3 aliphatic rings. The molecule has 0 aromatic carbocycles. The van der Waals surface area contributed by atoms with Gasteiger partial charge in [0.1, 0.15) is 0 Å². The number of rotatable bonds is 1. The zero-order valence-electron chi connectivity index (χ0n) is 11.3. The highest BCUT2D eigenvalue weighted by Crippen LogP contribution is 2.63. The van der Waals surface area contributed by atoms with Crippen molar-refractivity contribution in [1.82, 2.24) is 0 Å². The normalized spacial score (nSPS) is 55.7. The Morgan fingerprint density at radius 1 is 1.06 bits per heavy atom. The van der Waals surface area contributed by atoms with Crippen LogP contribution < -0.4 is 0 Å². The Morgan fingerprint density at radius 3 is 2.50 bits per heavy atom. The van der Waals surface area contributed by atoms with Gasteiger partial charge in [-0.1, -0.05) is 20.3 Å². The fraction of sp³-hybridized carbons (Fsp3) is 1.00. The van der Waals surface area contributed by atoms with Gasteiger partial charge >= 0.3 is 0 Å². The highest BCUT2D eigenvalue weighted by Gasteiger charge is 2.63. The lowest BCUT2D eigenvalue weighted by molar-refractivity contribution is -0.0929. The summed E-state index contributed by atoms with van der Waals surface area (Å²) in [7, 11) is 0. The zero-order chi connectivity index (χ0) is 11.6. The first-order valence-corrected chi connectivity index (χ1v) is 7.16. The van der Waals surface area contributed by atoms with Crippen molar-refractivity contribution >= 4 is 0 Å². The van der Waals surface area contributed by atoms with Gasteiger partial charge in [0.25, 0.3) is 0 Å². The van der Waals surface area contributed by atoms with Gasteiger partial charge in [-0.25, -0.2) is 0 Å². The minimum Gasteiger partial charge on any atom is -0.369 e. The Bertz CT molecular complexity index is 298. The molecule has 4 bridgehead atoms. The SMILES string of the molecule is CC(C)C1CCC2(C)OC3(C)CCCC2C13. The Balaban J connectivity index is 2.00. The van der Waals surface area contributed by atoms with Crippen LogP contribution in [0.1, 0.15) is 59.8 Å². The van der Waals surface area contributed by atoms with Gasteiger partial charge < -0.3 is 4.74 Å². The monoisotopic (exact) mass is 222 g/mol. The first-order valence-electron chi connectivity index (χ1n) is 7.16. The topological polar surface area (TPSA) is 9.23 Å². The van der Waals surface area contributed by atoms with E-state index in [0.717, 1.165) is 23.7 Å². The quantitative estimate of drug-likeness (QED) is 0.651. The maximum absolute atomic E-state index is 6.56. The fourth-order valence-corrected chi connectivity index (χ4v) is 5.23. The van der Waals surface area contributed by atoms with Crippen LogP contribution in [0.4, 0.5) is 0 Å². The predicted molar refractivity (Wildman–Crippen MR) is 66.3 cm³/mol. The van der Waals surface area contributed by atoms with Crippen molar-refractivity contribution in [3.8, 4) is 0 Å². The maximum Gasteiger partial charge on any atom is 0.0696 e. The van der Waals surface area contributed by atoms with Gasteiger partial charge in [-0.15, -0.1) is 0 Å². The molecule has 16 heavy (non-hydrogen) atoms. The molecule has 92 valence electrons. The molecule has 0 radical (unpaired) electrons. The first kappa shape index (κ1) is 11.1. The van der Waals surface area contributed by atoms with Crippen molar-refractivity contribution in [2.24, 2.45) is 23.7 Å². The summed E-state index contributed by atoms with van der Waals surface area (Å²) >= 11 is 0. The Morgan fingerprint density at radius 2 is 1.81 bits per heavy atom. The van der Waals surface area contributed by atoms with E-state index in [1.807, 2.05) is 0 Å². The fourth-order valence-electron chi connectivity index (χ4n) is 5.23. The minimum atomic E-state index is 0.211. The highest BCUT2D eigenvalue weighted by atomic mass is 16.5. The van der Waals surface area contributed by atoms with Crippen molar-refractivity contribution in [3.63, 3.8) is 0 Å². The van der Waals surface area contributed by atoms with E-state index in [0.29, 0.717) is 0 Å². The molecule has 1 heterocycles. The minimum absolute atomic E-state index is 0.211. The van der Waals surface area contributed by atoms with Crippen molar-refractivity contribution in [2.75, 3.05) is 0 Å². The second-order valence-electron chi connectivity index (χ2n) is 7.20. The number of hydrogen-bond donors (Lipinski definition) is 0. The van der Waals surface area contributed by atoms with Crippen LogP contribution in [0, 0.1) is 23.7 Å². The van der Waals surface area contributed by atoms with Gasteiger partial charge in [-0.05, 0) is 63.2 Å². The summed E-state index contributed by atoms with van der Waals surface area (Å²) in [5.74, 6) is 3.44. The van der Waals surface area contributed by atoms with Crippen molar-refractivity contribution in [1.29, 1.82) is 0 Å². The summed E-state index contributed by atoms with van der Waals surface area (Å²) in [4.78, 5) is 0. The molecule has 0 aromatic heterocycles. The Kier molecular flexibility index (Phi) is 2.25. The standard InChI is InChI=1S/C15H26O/c1-10(2)11-7-9-14(3)12-6-5-8-15(4,16-14)13(11)12/h10-13H,5-9H2,1-4H3. The molecule has 1 nitrogen and oxygen atoms in total. The van der Waals surface area contributed by atoms with Crippen molar-refractivity contribution < 1.29 is 4.74 Å². The molecule has 0 aromatic rings. The molecule has 1 aliphatic heterocycles. The molecule has 0 amide bonds. The zero-order valence-corrected chi connectivity index (χ0v) is 11.3. The molecule has 1 heteroatoms. The average molecular weight is 222 g/mol. The van der Waals surface area contributed by atoms with Gasteiger partial charge in [-0.3, -0.25) is 0 Å². The van der Waals surface area contributed by atoms with Crippen LogP contribution in [-0.2, 0) is 4.74 Å². The molecule has 0 spiro atoms. The van der Waals surface area contributed by atoms with Crippen LogP contribution in [0.25, 0.3) is 0 Å². The Labute approximate surface area is 99.9 Å². The Hall–Kier alpha value is -0.0400. The van der Waals surface area contributed by atoms with Gasteiger partial charge in [0.2, 0.25) is 0 Å². The average Bonchev–Trinajstić information content (AvgIpc) is 2.32. The van der Waals surface area contributed by atoms with Crippen molar-refractivity contribution in [3.05, 3.63) is 0 Å². The molecule has 3 rings (SSSR count). The van der Waals surface area contributed by atoms with Crippen LogP contribution in [0.3, 0.4) is 0 Å². The predicted octanol–water partition coefficient (Wildman–Crippen LogP) is 4.02. The van der Waals surface area contributed by atoms with E-state index in [9.17, 15) is 0 Å². The van der Waals surface area contributed by atoms with Gasteiger partial charge in [0.05, 0.1) is 11.2 Å². The van der Waals surface area contributed by atoms with Gasteiger partial charge in [0.15, 0.2) is 0 Å². The van der Waals surface area contributed by atoms with E-state index < -0.39 is 0 Å². The number of ether oxygens (including phenoxy) is 1. The summed E-state index contributed by atoms with van der Waals surface area (Å²) in [5, 5.41) is 0. The lowest BCUT2D eigenvalue weighted by atomic mass is 9.56. The summed E-state index contributed by atoms with van der Waals surface area (Å²) in [6.45, 7) is 9.60. The van der Waals surface area contributed by atoms with Crippen LogP contribution in [0.5, 0.6) is 0 Å². The van der Waals surface area contributed by atoms with E-state index >= 15 is 0 Å². The molecular weight excluding hydrogens is 196 g/mol. The maximum atomic E-state index is 6.56.